The summed E-state index contributed by atoms with van der Waals surface area (Å²) in [6.07, 6.45) is 11.0. The van der Waals surface area contributed by atoms with Gasteiger partial charge in [-0.2, -0.15) is 0 Å². The third kappa shape index (κ3) is 5.83. The fourth-order valence-electron chi connectivity index (χ4n) is 4.30. The Morgan fingerprint density at radius 2 is 0.944 bits per heavy atom. The summed E-state index contributed by atoms with van der Waals surface area (Å²) < 4.78 is 0. The van der Waals surface area contributed by atoms with E-state index in [9.17, 15) is 0 Å². The van der Waals surface area contributed by atoms with Crippen molar-refractivity contribution in [1.82, 2.24) is 9.97 Å². The van der Waals surface area contributed by atoms with Crippen molar-refractivity contribution >= 4 is 22.7 Å². The van der Waals surface area contributed by atoms with E-state index >= 15 is 0 Å². The molecular weight excluding hydrogens is 477 g/mol. The standard InChI is InChI=1S/C32H32N2S2/c1-3-5-7-23-9-13-25(14-10-23)29-17-19-31(35-29)27-21-33-22-28(34-27)32-20-18-30(36-32)26-15-11-24(12-16-26)8-6-4-2/h9-22H,3-8H2,1-2H3. The monoisotopic (exact) mass is 508 g/mol. The first-order chi connectivity index (χ1) is 17.7. The molecule has 0 unspecified atom stereocenters. The highest BCUT2D eigenvalue weighted by Gasteiger charge is 2.11. The second-order valence-corrected chi connectivity index (χ2v) is 11.4. The van der Waals surface area contributed by atoms with Crippen LogP contribution in [0.4, 0.5) is 0 Å². The molecule has 2 aromatic carbocycles. The van der Waals surface area contributed by atoms with Crippen LogP contribution in [-0.4, -0.2) is 9.97 Å². The van der Waals surface area contributed by atoms with Gasteiger partial charge in [0.15, 0.2) is 0 Å². The molecule has 5 rings (SSSR count). The van der Waals surface area contributed by atoms with Crippen LogP contribution in [0, 0.1) is 0 Å². The predicted molar refractivity (Wildman–Crippen MR) is 157 cm³/mol. The summed E-state index contributed by atoms with van der Waals surface area (Å²) in [4.78, 5) is 14.3. The van der Waals surface area contributed by atoms with E-state index in [0.717, 1.165) is 34.0 Å². The summed E-state index contributed by atoms with van der Waals surface area (Å²) in [6, 6.07) is 26.7. The lowest BCUT2D eigenvalue weighted by molar-refractivity contribution is 0.795. The van der Waals surface area contributed by atoms with Crippen molar-refractivity contribution < 1.29 is 0 Å². The Labute approximate surface area is 222 Å². The van der Waals surface area contributed by atoms with Crippen molar-refractivity contribution in [3.05, 3.63) is 96.3 Å². The second-order valence-electron chi connectivity index (χ2n) is 9.22. The van der Waals surface area contributed by atoms with Crippen LogP contribution >= 0.6 is 22.7 Å². The molecule has 182 valence electrons. The molecule has 0 atom stereocenters. The van der Waals surface area contributed by atoms with Gasteiger partial charge >= 0.3 is 0 Å². The van der Waals surface area contributed by atoms with Crippen molar-refractivity contribution in [2.45, 2.75) is 52.4 Å². The molecule has 4 heteroatoms. The SMILES string of the molecule is CCCCc1ccc(-c2ccc(-c3cncc(-c4ccc(-c5ccc(CCCC)cc5)s4)n3)s2)cc1. The van der Waals surface area contributed by atoms with Crippen LogP contribution in [0.2, 0.25) is 0 Å². The lowest BCUT2D eigenvalue weighted by Gasteiger charge is -2.03. The van der Waals surface area contributed by atoms with Crippen molar-refractivity contribution in [1.29, 1.82) is 0 Å². The molecule has 0 amide bonds. The Hall–Kier alpha value is -3.08. The summed E-state index contributed by atoms with van der Waals surface area (Å²) in [5.74, 6) is 0. The molecule has 0 saturated carbocycles. The lowest BCUT2D eigenvalue weighted by Crippen LogP contribution is -1.86. The molecule has 2 nitrogen and oxygen atoms in total. The molecule has 0 aliphatic rings. The predicted octanol–water partition coefficient (Wildman–Crippen LogP) is 9.95. The van der Waals surface area contributed by atoms with Crippen molar-refractivity contribution in [2.24, 2.45) is 0 Å². The van der Waals surface area contributed by atoms with E-state index in [4.69, 9.17) is 4.98 Å². The smallest absolute Gasteiger partial charge is 0.0992 e. The minimum atomic E-state index is 0.929. The zero-order chi connectivity index (χ0) is 24.7. The fraction of sp³-hybridized carbons (Fsp3) is 0.250. The average molecular weight is 509 g/mol. The number of aryl methyl sites for hydroxylation is 2. The minimum absolute atomic E-state index is 0.929. The molecule has 0 aliphatic carbocycles. The largest absolute Gasteiger partial charge is 0.260 e. The molecule has 0 N–H and O–H groups in total. The zero-order valence-electron chi connectivity index (χ0n) is 21.0. The van der Waals surface area contributed by atoms with Gasteiger partial charge in [-0.25, -0.2) is 4.98 Å². The van der Waals surface area contributed by atoms with Gasteiger partial charge in [0.25, 0.3) is 0 Å². The van der Waals surface area contributed by atoms with E-state index in [1.165, 1.54) is 57.7 Å². The van der Waals surface area contributed by atoms with Crippen molar-refractivity contribution in [3.8, 4) is 42.0 Å². The highest BCUT2D eigenvalue weighted by molar-refractivity contribution is 7.19. The van der Waals surface area contributed by atoms with E-state index in [0.29, 0.717) is 0 Å². The number of rotatable bonds is 10. The molecular formula is C32H32N2S2. The molecule has 0 aliphatic heterocycles. The Morgan fingerprint density at radius 1 is 0.528 bits per heavy atom. The van der Waals surface area contributed by atoms with Crippen LogP contribution in [0.3, 0.4) is 0 Å². The highest BCUT2D eigenvalue weighted by Crippen LogP contribution is 2.37. The second kappa shape index (κ2) is 11.8. The number of benzene rings is 2. The van der Waals surface area contributed by atoms with Gasteiger partial charge in [-0.05, 0) is 72.2 Å². The van der Waals surface area contributed by atoms with Crippen LogP contribution in [0.25, 0.3) is 42.0 Å². The van der Waals surface area contributed by atoms with Gasteiger partial charge in [-0.1, -0.05) is 75.2 Å². The highest BCUT2D eigenvalue weighted by atomic mass is 32.1. The molecule has 3 aromatic heterocycles. The maximum atomic E-state index is 4.98. The minimum Gasteiger partial charge on any atom is -0.260 e. The van der Waals surface area contributed by atoms with Gasteiger partial charge in [0.05, 0.1) is 33.5 Å². The number of hydrogen-bond donors (Lipinski definition) is 0. The summed E-state index contributed by atoms with van der Waals surface area (Å²) in [5, 5.41) is 0. The summed E-state index contributed by atoms with van der Waals surface area (Å²) in [6.45, 7) is 4.48. The van der Waals surface area contributed by atoms with E-state index in [2.05, 4.69) is 91.6 Å². The topological polar surface area (TPSA) is 25.8 Å². The lowest BCUT2D eigenvalue weighted by atomic mass is 10.1. The van der Waals surface area contributed by atoms with Crippen LogP contribution in [0.15, 0.2) is 85.2 Å². The summed E-state index contributed by atoms with van der Waals surface area (Å²) in [5.41, 5.74) is 7.22. The third-order valence-electron chi connectivity index (χ3n) is 6.47. The Kier molecular flexibility index (Phi) is 8.04. The van der Waals surface area contributed by atoms with Gasteiger partial charge < -0.3 is 0 Å². The molecule has 3 heterocycles. The fourth-order valence-corrected chi connectivity index (χ4v) is 6.23. The summed E-state index contributed by atoms with van der Waals surface area (Å²) >= 11 is 3.55. The molecule has 0 saturated heterocycles. The molecule has 0 spiro atoms. The first-order valence-corrected chi connectivity index (χ1v) is 14.6. The van der Waals surface area contributed by atoms with Crippen LogP contribution in [0.1, 0.15) is 50.7 Å². The Morgan fingerprint density at radius 3 is 1.36 bits per heavy atom. The van der Waals surface area contributed by atoms with Crippen molar-refractivity contribution in [2.75, 3.05) is 0 Å². The molecule has 36 heavy (non-hydrogen) atoms. The van der Waals surface area contributed by atoms with Gasteiger partial charge in [0.2, 0.25) is 0 Å². The molecule has 0 radical (unpaired) electrons. The molecule has 0 fully saturated rings. The Bertz CT molecular complexity index is 1290. The summed E-state index contributed by atoms with van der Waals surface area (Å²) in [7, 11) is 0. The first-order valence-electron chi connectivity index (χ1n) is 12.9. The molecule has 0 bridgehead atoms. The maximum Gasteiger partial charge on any atom is 0.0992 e. The van der Waals surface area contributed by atoms with Crippen LogP contribution in [-0.2, 0) is 12.8 Å². The quantitative estimate of drug-likeness (QED) is 0.187. The number of thiophene rings is 2. The van der Waals surface area contributed by atoms with E-state index in [1.807, 2.05) is 12.4 Å². The van der Waals surface area contributed by atoms with E-state index < -0.39 is 0 Å². The normalized spacial score (nSPS) is 11.2. The van der Waals surface area contributed by atoms with Gasteiger partial charge in [0.1, 0.15) is 0 Å². The first kappa shape index (κ1) is 24.6. The zero-order valence-corrected chi connectivity index (χ0v) is 22.7. The Balaban J connectivity index is 1.32. The third-order valence-corrected chi connectivity index (χ3v) is 8.78. The average Bonchev–Trinajstić information content (AvgIpc) is 3.62. The number of unbranched alkanes of at least 4 members (excludes halogenated alkanes) is 2. The van der Waals surface area contributed by atoms with Gasteiger partial charge in [-0.15, -0.1) is 22.7 Å². The van der Waals surface area contributed by atoms with E-state index in [-0.39, 0.29) is 0 Å². The number of aromatic nitrogens is 2. The van der Waals surface area contributed by atoms with Crippen molar-refractivity contribution in [3.63, 3.8) is 0 Å². The van der Waals surface area contributed by atoms with Crippen LogP contribution < -0.4 is 0 Å². The van der Waals surface area contributed by atoms with Crippen LogP contribution in [0.5, 0.6) is 0 Å². The number of nitrogens with zero attached hydrogens (tertiary/aromatic N) is 2. The van der Waals surface area contributed by atoms with E-state index in [1.54, 1.807) is 22.7 Å². The molecule has 5 aromatic rings. The maximum absolute atomic E-state index is 4.98. The van der Waals surface area contributed by atoms with Gasteiger partial charge in [0, 0.05) is 9.75 Å². The number of hydrogen-bond acceptors (Lipinski definition) is 4. The van der Waals surface area contributed by atoms with Gasteiger partial charge in [-0.3, -0.25) is 4.98 Å².